The monoisotopic (exact) mass is 552 g/mol. The second kappa shape index (κ2) is 11.1. The number of para-hydroxylation sites is 2. The molecule has 3 heterocycles. The Balaban J connectivity index is 1.42. The number of piperazine rings is 1. The molecule has 0 atom stereocenters. The van der Waals surface area contributed by atoms with Gasteiger partial charge in [0.2, 0.25) is 16.0 Å². The number of nitrogens with one attached hydrogen (secondary N) is 3. The third kappa shape index (κ3) is 5.76. The molecule has 0 spiro atoms. The molecule has 1 aliphatic heterocycles. The van der Waals surface area contributed by atoms with Gasteiger partial charge in [0.15, 0.2) is 0 Å². The average molecular weight is 553 g/mol. The minimum absolute atomic E-state index is 0.268. The van der Waals surface area contributed by atoms with Crippen molar-refractivity contribution in [3.8, 4) is 0 Å². The van der Waals surface area contributed by atoms with Crippen molar-refractivity contribution in [1.82, 2.24) is 19.9 Å². The number of fused-ring (bicyclic) bond motifs is 1. The molecule has 0 saturated carbocycles. The number of anilines is 6. The first-order valence-electron chi connectivity index (χ1n) is 13.0. The molecule has 4 aromatic rings. The van der Waals surface area contributed by atoms with E-state index in [9.17, 15) is 8.42 Å². The molecule has 0 aliphatic carbocycles. The van der Waals surface area contributed by atoms with Gasteiger partial charge in [0.05, 0.1) is 28.7 Å². The van der Waals surface area contributed by atoms with Gasteiger partial charge in [-0.05, 0) is 49.9 Å². The maximum absolute atomic E-state index is 15.1. The van der Waals surface area contributed by atoms with E-state index < -0.39 is 10.0 Å². The van der Waals surface area contributed by atoms with E-state index in [1.807, 2.05) is 18.2 Å². The van der Waals surface area contributed by atoms with Gasteiger partial charge in [-0.25, -0.2) is 12.8 Å². The molecule has 0 unspecified atom stereocenters. The second-order valence-corrected chi connectivity index (χ2v) is 11.3. The number of likely N-dealkylation sites (N-methyl/N-ethyl adjacent to an activating group) is 1. The molecule has 2 aromatic heterocycles. The normalized spacial score (nSPS) is 14.5. The van der Waals surface area contributed by atoms with Gasteiger partial charge in [0.1, 0.15) is 17.3 Å². The Hall–Kier alpha value is -3.90. The number of aromatic amines is 1. The second-order valence-electron chi connectivity index (χ2n) is 9.42. The number of halogens is 1. The van der Waals surface area contributed by atoms with Gasteiger partial charge in [-0.3, -0.25) is 4.31 Å². The van der Waals surface area contributed by atoms with Crippen molar-refractivity contribution < 1.29 is 12.8 Å². The minimum atomic E-state index is -3.48. The Bertz CT molecular complexity index is 1570. The lowest BCUT2D eigenvalue weighted by atomic mass is 10.2. The van der Waals surface area contributed by atoms with Gasteiger partial charge in [-0.1, -0.05) is 19.1 Å². The van der Waals surface area contributed by atoms with Gasteiger partial charge in [-0.15, -0.1) is 0 Å². The van der Waals surface area contributed by atoms with Gasteiger partial charge in [-0.2, -0.15) is 9.97 Å². The van der Waals surface area contributed by atoms with E-state index in [-0.39, 0.29) is 18.3 Å². The van der Waals surface area contributed by atoms with Crippen LogP contribution in [-0.2, 0) is 10.0 Å². The summed E-state index contributed by atoms with van der Waals surface area (Å²) in [4.78, 5) is 16.7. The van der Waals surface area contributed by atoms with Crippen LogP contribution in [0.2, 0.25) is 0 Å². The molecule has 1 aliphatic rings. The fraction of sp³-hybridized carbons (Fsp3) is 0.333. The average Bonchev–Trinajstić information content (AvgIpc) is 3.39. The number of nitrogens with zero attached hydrogens (tertiary/aromatic N) is 5. The number of benzene rings is 2. The van der Waals surface area contributed by atoms with Crippen molar-refractivity contribution in [2.45, 2.75) is 13.8 Å². The molecule has 3 N–H and O–H groups in total. The highest BCUT2D eigenvalue weighted by molar-refractivity contribution is 7.92. The summed E-state index contributed by atoms with van der Waals surface area (Å²) in [6.45, 7) is 8.61. The molecule has 0 bridgehead atoms. The Morgan fingerprint density at radius 2 is 1.79 bits per heavy atom. The molecular formula is C27H33FN8O2S. The first kappa shape index (κ1) is 26.7. The fourth-order valence-electron chi connectivity index (χ4n) is 4.88. The van der Waals surface area contributed by atoms with Crippen LogP contribution < -0.4 is 19.8 Å². The lowest BCUT2D eigenvalue weighted by Gasteiger charge is -2.35. The van der Waals surface area contributed by atoms with Crippen molar-refractivity contribution in [1.29, 1.82) is 0 Å². The van der Waals surface area contributed by atoms with E-state index in [0.29, 0.717) is 34.2 Å². The van der Waals surface area contributed by atoms with E-state index in [0.717, 1.165) is 38.1 Å². The van der Waals surface area contributed by atoms with Crippen LogP contribution in [0.3, 0.4) is 0 Å². The highest BCUT2D eigenvalue weighted by Crippen LogP contribution is 2.33. The number of hydrogen-bond donors (Lipinski definition) is 3. The van der Waals surface area contributed by atoms with Crippen molar-refractivity contribution >= 4 is 55.6 Å². The van der Waals surface area contributed by atoms with E-state index >= 15 is 4.39 Å². The molecule has 0 radical (unpaired) electrons. The van der Waals surface area contributed by atoms with E-state index in [2.05, 4.69) is 42.3 Å². The van der Waals surface area contributed by atoms with E-state index in [1.165, 1.54) is 16.6 Å². The molecule has 2 aromatic carbocycles. The van der Waals surface area contributed by atoms with Crippen LogP contribution in [0.25, 0.3) is 11.0 Å². The number of rotatable bonds is 9. The predicted octanol–water partition coefficient (Wildman–Crippen LogP) is 4.51. The Morgan fingerprint density at radius 3 is 2.49 bits per heavy atom. The summed E-state index contributed by atoms with van der Waals surface area (Å²) in [7, 11) is -3.48. The van der Waals surface area contributed by atoms with Crippen LogP contribution >= 0.6 is 0 Å². The first-order valence-corrected chi connectivity index (χ1v) is 14.8. The third-order valence-electron chi connectivity index (χ3n) is 6.89. The number of aromatic nitrogens is 3. The van der Waals surface area contributed by atoms with Crippen LogP contribution in [0, 0.1) is 5.82 Å². The maximum atomic E-state index is 15.1. The summed E-state index contributed by atoms with van der Waals surface area (Å²) in [6.07, 6.45) is 2.93. The van der Waals surface area contributed by atoms with Gasteiger partial charge < -0.3 is 25.4 Å². The zero-order chi connectivity index (χ0) is 27.6. The first-order chi connectivity index (χ1) is 18.8. The summed E-state index contributed by atoms with van der Waals surface area (Å²) in [5, 5.41) is 7.13. The molecule has 1 saturated heterocycles. The quantitative estimate of drug-likeness (QED) is 0.278. The third-order valence-corrected chi connectivity index (χ3v) is 8.15. The zero-order valence-corrected chi connectivity index (χ0v) is 23.1. The standard InChI is InChI=1S/C27H33FN8O2S/c1-4-34-14-16-35(17-15-34)23-11-10-19(18-21(23)28)30-27-32-25-20(12-13-29-25)26(33-27)31-22-8-6-7-9-24(22)36(5-2)39(3,37)38/h6-13,18H,4-5,14-17H2,1-3H3,(H3,29,30,31,32,33). The highest BCUT2D eigenvalue weighted by atomic mass is 32.2. The smallest absolute Gasteiger partial charge is 0.232 e. The van der Waals surface area contributed by atoms with Crippen LogP contribution in [0.1, 0.15) is 13.8 Å². The number of H-pyrrole nitrogens is 1. The summed E-state index contributed by atoms with van der Waals surface area (Å²) < 4.78 is 41.3. The van der Waals surface area contributed by atoms with Gasteiger partial charge in [0, 0.05) is 44.6 Å². The van der Waals surface area contributed by atoms with Crippen molar-refractivity contribution in [3.05, 3.63) is 60.5 Å². The SMILES string of the molecule is CCN1CCN(c2ccc(Nc3nc(Nc4ccccc4N(CC)S(C)(=O)=O)c4cc[nH]c4n3)cc2F)CC1. The van der Waals surface area contributed by atoms with Gasteiger partial charge >= 0.3 is 0 Å². The Morgan fingerprint density at radius 1 is 1.03 bits per heavy atom. The lowest BCUT2D eigenvalue weighted by molar-refractivity contribution is 0.270. The van der Waals surface area contributed by atoms with Crippen molar-refractivity contribution in [3.63, 3.8) is 0 Å². The zero-order valence-electron chi connectivity index (χ0n) is 22.3. The molecule has 206 valence electrons. The molecule has 39 heavy (non-hydrogen) atoms. The molecule has 0 amide bonds. The summed E-state index contributed by atoms with van der Waals surface area (Å²) in [5.74, 6) is 0.439. The van der Waals surface area contributed by atoms with E-state index in [1.54, 1.807) is 37.4 Å². The Kier molecular flexibility index (Phi) is 7.58. The van der Waals surface area contributed by atoms with Crippen LogP contribution in [0.15, 0.2) is 54.7 Å². The topological polar surface area (TPSA) is 109 Å². The highest BCUT2D eigenvalue weighted by Gasteiger charge is 2.21. The fourth-order valence-corrected chi connectivity index (χ4v) is 5.86. The van der Waals surface area contributed by atoms with Crippen LogP contribution in [0.5, 0.6) is 0 Å². The van der Waals surface area contributed by atoms with E-state index in [4.69, 9.17) is 0 Å². The van der Waals surface area contributed by atoms with Crippen LogP contribution in [0.4, 0.5) is 38.9 Å². The summed E-state index contributed by atoms with van der Waals surface area (Å²) >= 11 is 0. The largest absolute Gasteiger partial charge is 0.367 e. The molecular weight excluding hydrogens is 519 g/mol. The number of hydrogen-bond acceptors (Lipinski definition) is 8. The summed E-state index contributed by atoms with van der Waals surface area (Å²) in [6, 6.07) is 14.0. The molecule has 1 fully saturated rings. The minimum Gasteiger partial charge on any atom is -0.367 e. The number of sulfonamides is 1. The van der Waals surface area contributed by atoms with Gasteiger partial charge in [0.25, 0.3) is 0 Å². The molecule has 10 nitrogen and oxygen atoms in total. The summed E-state index contributed by atoms with van der Waals surface area (Å²) in [5.41, 5.74) is 2.78. The Labute approximate surface area is 227 Å². The molecule has 5 rings (SSSR count). The maximum Gasteiger partial charge on any atom is 0.232 e. The van der Waals surface area contributed by atoms with Crippen molar-refractivity contribution in [2.24, 2.45) is 0 Å². The molecule has 12 heteroatoms. The predicted molar refractivity (Wildman–Crippen MR) is 155 cm³/mol. The lowest BCUT2D eigenvalue weighted by Crippen LogP contribution is -2.46. The van der Waals surface area contributed by atoms with Crippen molar-refractivity contribution in [2.75, 3.05) is 65.4 Å². The van der Waals surface area contributed by atoms with Crippen LogP contribution in [-0.4, -0.2) is 73.8 Å².